The Bertz CT molecular complexity index is 602. The molecule has 0 aliphatic heterocycles. The smallest absolute Gasteiger partial charge is 0.0990 e. The molecule has 0 aromatic heterocycles. The molecule has 1 unspecified atom stereocenters. The molecule has 0 heterocycles. The van der Waals surface area contributed by atoms with Gasteiger partial charge in [0.2, 0.25) is 0 Å². The summed E-state index contributed by atoms with van der Waals surface area (Å²) in [6, 6.07) is 15.2. The molecule has 0 saturated heterocycles. The third kappa shape index (κ3) is 3.92. The Balaban J connectivity index is 2.14. The van der Waals surface area contributed by atoms with E-state index in [2.05, 4.69) is 0 Å². The SMILES string of the molecule is N=C(N)C(CSc1cc(Cl)ccc1Cl)c1ccccc1. The molecule has 0 radical (unpaired) electrons. The van der Waals surface area contributed by atoms with Crippen molar-refractivity contribution < 1.29 is 0 Å². The van der Waals surface area contributed by atoms with Crippen molar-refractivity contribution in [3.63, 3.8) is 0 Å². The van der Waals surface area contributed by atoms with E-state index in [1.165, 1.54) is 0 Å². The maximum atomic E-state index is 7.76. The topological polar surface area (TPSA) is 49.9 Å². The lowest BCUT2D eigenvalue weighted by molar-refractivity contribution is 1.01. The first kappa shape index (κ1) is 15.2. The van der Waals surface area contributed by atoms with E-state index in [4.69, 9.17) is 34.3 Å². The lowest BCUT2D eigenvalue weighted by Gasteiger charge is -2.16. The molecule has 2 rings (SSSR count). The predicted molar refractivity (Wildman–Crippen MR) is 88.3 cm³/mol. The van der Waals surface area contributed by atoms with Gasteiger partial charge in [-0.1, -0.05) is 53.5 Å². The van der Waals surface area contributed by atoms with Gasteiger partial charge in [0.1, 0.15) is 0 Å². The maximum absolute atomic E-state index is 7.76. The zero-order valence-electron chi connectivity index (χ0n) is 10.6. The van der Waals surface area contributed by atoms with Crippen LogP contribution < -0.4 is 5.73 Å². The molecule has 0 saturated carbocycles. The van der Waals surface area contributed by atoms with E-state index in [9.17, 15) is 0 Å². The largest absolute Gasteiger partial charge is 0.387 e. The van der Waals surface area contributed by atoms with Gasteiger partial charge in [0.05, 0.1) is 16.8 Å². The van der Waals surface area contributed by atoms with Gasteiger partial charge in [-0.25, -0.2) is 0 Å². The second kappa shape index (κ2) is 7.02. The quantitative estimate of drug-likeness (QED) is 0.471. The molecule has 2 aromatic carbocycles. The van der Waals surface area contributed by atoms with Crippen molar-refractivity contribution in [3.8, 4) is 0 Å². The molecule has 3 N–H and O–H groups in total. The Morgan fingerprint density at radius 1 is 1.15 bits per heavy atom. The van der Waals surface area contributed by atoms with Crippen molar-refractivity contribution in [3.05, 3.63) is 64.1 Å². The number of halogens is 2. The fourth-order valence-corrected chi connectivity index (χ4v) is 3.46. The summed E-state index contributed by atoms with van der Waals surface area (Å²) in [5.74, 6) is 0.678. The van der Waals surface area contributed by atoms with E-state index in [-0.39, 0.29) is 11.8 Å². The maximum Gasteiger partial charge on any atom is 0.0990 e. The summed E-state index contributed by atoms with van der Waals surface area (Å²) in [4.78, 5) is 0.904. The van der Waals surface area contributed by atoms with Crippen LogP contribution >= 0.6 is 35.0 Å². The highest BCUT2D eigenvalue weighted by molar-refractivity contribution is 7.99. The first-order valence-electron chi connectivity index (χ1n) is 6.04. The standard InChI is InChI=1S/C15H14Cl2N2S/c16-11-6-7-13(17)14(8-11)20-9-12(15(18)19)10-4-2-1-3-5-10/h1-8,12H,9H2,(H3,18,19). The molecule has 20 heavy (non-hydrogen) atoms. The zero-order valence-corrected chi connectivity index (χ0v) is 13.0. The van der Waals surface area contributed by atoms with Crippen molar-refractivity contribution in [1.82, 2.24) is 0 Å². The molecule has 0 aliphatic rings. The number of thioether (sulfide) groups is 1. The molecule has 104 valence electrons. The van der Waals surface area contributed by atoms with Crippen LogP contribution in [-0.2, 0) is 0 Å². The predicted octanol–water partition coefficient (Wildman–Crippen LogP) is 4.81. The van der Waals surface area contributed by atoms with Crippen LogP contribution in [0.1, 0.15) is 11.5 Å². The molecule has 5 heteroatoms. The Kier molecular flexibility index (Phi) is 5.35. The number of nitrogens with one attached hydrogen (secondary N) is 1. The van der Waals surface area contributed by atoms with Crippen molar-refractivity contribution in [2.24, 2.45) is 5.73 Å². The Hall–Kier alpha value is -1.16. The lowest BCUT2D eigenvalue weighted by atomic mass is 10.0. The molecule has 0 amide bonds. The van der Waals surface area contributed by atoms with Crippen LogP contribution in [0.15, 0.2) is 53.4 Å². The van der Waals surface area contributed by atoms with Gasteiger partial charge >= 0.3 is 0 Å². The minimum atomic E-state index is -0.128. The molecule has 2 nitrogen and oxygen atoms in total. The van der Waals surface area contributed by atoms with Gasteiger partial charge in [0, 0.05) is 15.7 Å². The summed E-state index contributed by atoms with van der Waals surface area (Å²) in [6.45, 7) is 0. The highest BCUT2D eigenvalue weighted by Gasteiger charge is 2.16. The van der Waals surface area contributed by atoms with Crippen LogP contribution in [0, 0.1) is 5.41 Å². The zero-order chi connectivity index (χ0) is 14.5. The fraction of sp³-hybridized carbons (Fsp3) is 0.133. The molecule has 0 spiro atoms. The van der Waals surface area contributed by atoms with Crippen LogP contribution in [0.2, 0.25) is 10.0 Å². The third-order valence-corrected chi connectivity index (χ3v) is 4.70. The van der Waals surface area contributed by atoms with Crippen LogP contribution in [0.25, 0.3) is 0 Å². The van der Waals surface area contributed by atoms with Crippen molar-refractivity contribution in [2.75, 3.05) is 5.75 Å². The van der Waals surface area contributed by atoms with E-state index in [0.717, 1.165) is 10.5 Å². The van der Waals surface area contributed by atoms with Crippen molar-refractivity contribution in [2.45, 2.75) is 10.8 Å². The van der Waals surface area contributed by atoms with Crippen molar-refractivity contribution >= 4 is 40.8 Å². The molecule has 0 fully saturated rings. The average molecular weight is 325 g/mol. The molecular weight excluding hydrogens is 311 g/mol. The van der Waals surface area contributed by atoms with E-state index in [1.54, 1.807) is 23.9 Å². The third-order valence-electron chi connectivity index (χ3n) is 2.88. The van der Waals surface area contributed by atoms with E-state index >= 15 is 0 Å². The summed E-state index contributed by atoms with van der Waals surface area (Å²) in [5.41, 5.74) is 6.74. The number of hydrogen-bond donors (Lipinski definition) is 2. The second-order valence-corrected chi connectivity index (χ2v) is 6.21. The highest BCUT2D eigenvalue weighted by Crippen LogP contribution is 2.33. The second-order valence-electron chi connectivity index (χ2n) is 4.30. The minimum absolute atomic E-state index is 0.128. The Labute approximate surface area is 132 Å². The summed E-state index contributed by atoms with van der Waals surface area (Å²) >= 11 is 13.7. The number of nitrogens with two attached hydrogens (primary N) is 1. The Morgan fingerprint density at radius 3 is 2.50 bits per heavy atom. The van der Waals surface area contributed by atoms with Crippen LogP contribution in [0.4, 0.5) is 0 Å². The van der Waals surface area contributed by atoms with Gasteiger partial charge in [-0.2, -0.15) is 0 Å². The van der Waals surface area contributed by atoms with E-state index in [0.29, 0.717) is 15.8 Å². The summed E-state index contributed by atoms with van der Waals surface area (Å²) in [7, 11) is 0. The lowest BCUT2D eigenvalue weighted by Crippen LogP contribution is -2.22. The summed E-state index contributed by atoms with van der Waals surface area (Å²) in [5, 5.41) is 9.07. The van der Waals surface area contributed by atoms with Crippen LogP contribution in [-0.4, -0.2) is 11.6 Å². The molecule has 0 bridgehead atoms. The van der Waals surface area contributed by atoms with Gasteiger partial charge in [0.15, 0.2) is 0 Å². The average Bonchev–Trinajstić information content (AvgIpc) is 2.43. The number of benzene rings is 2. The summed E-state index contributed by atoms with van der Waals surface area (Å²) < 4.78 is 0. The molecule has 2 aromatic rings. The van der Waals surface area contributed by atoms with Crippen LogP contribution in [0.3, 0.4) is 0 Å². The fourth-order valence-electron chi connectivity index (χ4n) is 1.81. The number of hydrogen-bond acceptors (Lipinski definition) is 2. The van der Waals surface area contributed by atoms with Gasteiger partial charge in [-0.3, -0.25) is 5.41 Å². The molecule has 1 atom stereocenters. The molecule has 0 aliphatic carbocycles. The van der Waals surface area contributed by atoms with E-state index in [1.807, 2.05) is 36.4 Å². The Morgan fingerprint density at radius 2 is 1.85 bits per heavy atom. The summed E-state index contributed by atoms with van der Waals surface area (Å²) in [6.07, 6.45) is 0. The van der Waals surface area contributed by atoms with Crippen molar-refractivity contribution in [1.29, 1.82) is 5.41 Å². The first-order chi connectivity index (χ1) is 9.58. The number of rotatable bonds is 5. The van der Waals surface area contributed by atoms with Gasteiger partial charge in [-0.05, 0) is 23.8 Å². The monoisotopic (exact) mass is 324 g/mol. The van der Waals surface area contributed by atoms with Gasteiger partial charge in [0.25, 0.3) is 0 Å². The highest BCUT2D eigenvalue weighted by atomic mass is 35.5. The van der Waals surface area contributed by atoms with E-state index < -0.39 is 0 Å². The normalized spacial score (nSPS) is 12.1. The van der Waals surface area contributed by atoms with Gasteiger partial charge in [-0.15, -0.1) is 11.8 Å². The van der Waals surface area contributed by atoms with Gasteiger partial charge < -0.3 is 5.73 Å². The minimum Gasteiger partial charge on any atom is -0.387 e. The number of amidine groups is 1. The molecular formula is C15H14Cl2N2S. The van der Waals surface area contributed by atoms with Crippen LogP contribution in [0.5, 0.6) is 0 Å². The first-order valence-corrected chi connectivity index (χ1v) is 7.79.